The first kappa shape index (κ1) is 26.5. The van der Waals surface area contributed by atoms with Crippen LogP contribution in [0.3, 0.4) is 0 Å². The molecule has 200 valence electrons. The number of nitrogens with zero attached hydrogens (tertiary/aromatic N) is 2. The molecular formula is C28H24FN3O5S2. The van der Waals surface area contributed by atoms with Gasteiger partial charge in [-0.1, -0.05) is 42.5 Å². The second-order valence-electron chi connectivity index (χ2n) is 8.97. The van der Waals surface area contributed by atoms with E-state index in [2.05, 4.69) is 5.32 Å². The maximum absolute atomic E-state index is 13.6. The van der Waals surface area contributed by atoms with Crippen molar-refractivity contribution >= 4 is 49.7 Å². The molecule has 3 aromatic carbocycles. The van der Waals surface area contributed by atoms with Crippen LogP contribution in [0.4, 0.5) is 4.39 Å². The second kappa shape index (κ2) is 11.0. The van der Waals surface area contributed by atoms with Crippen molar-refractivity contribution in [1.29, 1.82) is 0 Å². The highest BCUT2D eigenvalue weighted by Gasteiger charge is 2.40. The van der Waals surface area contributed by atoms with Crippen molar-refractivity contribution in [3.05, 3.63) is 101 Å². The van der Waals surface area contributed by atoms with Gasteiger partial charge in [0, 0.05) is 31.7 Å². The molecule has 1 aliphatic rings. The van der Waals surface area contributed by atoms with E-state index in [0.29, 0.717) is 5.56 Å². The maximum atomic E-state index is 13.6. The molecule has 1 fully saturated rings. The van der Waals surface area contributed by atoms with Gasteiger partial charge in [-0.3, -0.25) is 14.4 Å². The quantitative estimate of drug-likeness (QED) is 0.360. The summed E-state index contributed by atoms with van der Waals surface area (Å²) in [7, 11) is -4.42. The van der Waals surface area contributed by atoms with Crippen LogP contribution in [0.1, 0.15) is 20.0 Å². The van der Waals surface area contributed by atoms with E-state index in [0.717, 1.165) is 46.4 Å². The molecule has 0 radical (unpaired) electrons. The van der Waals surface area contributed by atoms with Crippen molar-refractivity contribution < 1.29 is 27.2 Å². The molecular weight excluding hydrogens is 541 g/mol. The van der Waals surface area contributed by atoms with Crippen LogP contribution in [0, 0.1) is 5.82 Å². The summed E-state index contributed by atoms with van der Waals surface area (Å²) in [6.07, 6.45) is 0. The summed E-state index contributed by atoms with van der Waals surface area (Å²) < 4.78 is 40.4. The molecule has 4 aromatic rings. The van der Waals surface area contributed by atoms with Crippen molar-refractivity contribution in [2.45, 2.75) is 10.3 Å². The van der Waals surface area contributed by atoms with E-state index in [1.807, 2.05) is 36.4 Å². The fourth-order valence-corrected chi connectivity index (χ4v) is 6.60. The Morgan fingerprint density at radius 3 is 2.18 bits per heavy atom. The maximum Gasteiger partial charge on any atom is 0.262 e. The van der Waals surface area contributed by atoms with Gasteiger partial charge in [-0.2, -0.15) is 0 Å². The second-order valence-corrected chi connectivity index (χ2v) is 12.0. The van der Waals surface area contributed by atoms with Gasteiger partial charge < -0.3 is 15.1 Å². The minimum atomic E-state index is -4.42. The highest BCUT2D eigenvalue weighted by atomic mass is 32.2. The summed E-state index contributed by atoms with van der Waals surface area (Å²) in [5, 5.41) is 3.87. The molecule has 1 N–H and O–H groups in total. The van der Waals surface area contributed by atoms with Crippen molar-refractivity contribution in [3.8, 4) is 0 Å². The van der Waals surface area contributed by atoms with Gasteiger partial charge in [0.1, 0.15) is 5.82 Å². The Kier molecular flexibility index (Phi) is 7.45. The van der Waals surface area contributed by atoms with E-state index in [1.54, 1.807) is 22.4 Å². The number of rotatable bonds is 6. The zero-order chi connectivity index (χ0) is 27.6. The summed E-state index contributed by atoms with van der Waals surface area (Å²) in [4.78, 5) is 42.6. The lowest BCUT2D eigenvalue weighted by atomic mass is 10.0. The summed E-state index contributed by atoms with van der Waals surface area (Å²) >= 11 is 1.11. The Hall–Kier alpha value is -4.09. The molecule has 2 heterocycles. The van der Waals surface area contributed by atoms with Crippen LogP contribution in [-0.2, 0) is 14.6 Å². The zero-order valence-corrected chi connectivity index (χ0v) is 22.3. The minimum Gasteiger partial charge on any atom is -0.336 e. The van der Waals surface area contributed by atoms with Crippen LogP contribution in [0.25, 0.3) is 10.8 Å². The normalized spacial score (nSPS) is 14.7. The number of piperazine rings is 1. The molecule has 0 unspecified atom stereocenters. The third-order valence-electron chi connectivity index (χ3n) is 6.58. The number of hydrogen-bond acceptors (Lipinski definition) is 6. The molecule has 0 spiro atoms. The van der Waals surface area contributed by atoms with Gasteiger partial charge >= 0.3 is 0 Å². The lowest BCUT2D eigenvalue weighted by Gasteiger charge is -2.36. The van der Waals surface area contributed by atoms with Crippen LogP contribution in [0.5, 0.6) is 0 Å². The average Bonchev–Trinajstić information content (AvgIpc) is 3.50. The van der Waals surface area contributed by atoms with Gasteiger partial charge in [-0.15, -0.1) is 11.3 Å². The molecule has 8 nitrogen and oxygen atoms in total. The van der Waals surface area contributed by atoms with E-state index in [9.17, 15) is 27.2 Å². The van der Waals surface area contributed by atoms with E-state index in [1.165, 1.54) is 11.0 Å². The fourth-order valence-electron chi connectivity index (χ4n) is 4.51. The van der Waals surface area contributed by atoms with Gasteiger partial charge in [0.15, 0.2) is 0 Å². The number of benzene rings is 3. The van der Waals surface area contributed by atoms with Gasteiger partial charge in [-0.05, 0) is 52.6 Å². The number of carbonyl (C=O) groups excluding carboxylic acids is 3. The largest absolute Gasteiger partial charge is 0.336 e. The Labute approximate surface area is 228 Å². The number of thiophene rings is 1. The predicted molar refractivity (Wildman–Crippen MR) is 146 cm³/mol. The zero-order valence-electron chi connectivity index (χ0n) is 20.6. The topological polar surface area (TPSA) is 104 Å². The number of halogens is 1. The molecule has 1 aliphatic heterocycles. The van der Waals surface area contributed by atoms with Gasteiger partial charge in [0.2, 0.25) is 15.2 Å². The Bertz CT molecular complexity index is 1630. The standard InChI is InChI=1S/C28H24FN3O5S2/c29-20-10-12-21(13-11-20)39(36,37)26(30-25(33)24-9-4-18-38-24)28(35)32-16-14-31(15-17-32)27(34)23-8-3-6-19-5-1-2-7-22(19)23/h1-13,18,26H,14-17H2,(H,30,33)/t26-/m0/s1. The summed E-state index contributed by atoms with van der Waals surface area (Å²) in [5.74, 6) is -2.34. The summed E-state index contributed by atoms with van der Waals surface area (Å²) in [5.41, 5.74) is 0.549. The Balaban J connectivity index is 1.35. The average molecular weight is 566 g/mol. The van der Waals surface area contributed by atoms with E-state index in [4.69, 9.17) is 0 Å². The molecule has 39 heavy (non-hydrogen) atoms. The van der Waals surface area contributed by atoms with Crippen molar-refractivity contribution in [1.82, 2.24) is 15.1 Å². The Morgan fingerprint density at radius 2 is 1.49 bits per heavy atom. The van der Waals surface area contributed by atoms with E-state index < -0.39 is 32.8 Å². The molecule has 1 atom stereocenters. The highest BCUT2D eigenvalue weighted by molar-refractivity contribution is 7.92. The summed E-state index contributed by atoms with van der Waals surface area (Å²) in [6, 6.07) is 20.3. The van der Waals surface area contributed by atoms with Gasteiger partial charge in [0.05, 0.1) is 9.77 Å². The molecule has 5 rings (SSSR count). The first-order valence-corrected chi connectivity index (χ1v) is 14.6. The fraction of sp³-hybridized carbons (Fsp3) is 0.179. The molecule has 3 amide bonds. The molecule has 0 aliphatic carbocycles. The lowest BCUT2D eigenvalue weighted by molar-refractivity contribution is -0.132. The smallest absolute Gasteiger partial charge is 0.262 e. The molecule has 0 saturated carbocycles. The lowest BCUT2D eigenvalue weighted by Crippen LogP contribution is -2.57. The van der Waals surface area contributed by atoms with E-state index in [-0.39, 0.29) is 41.9 Å². The third-order valence-corrected chi connectivity index (χ3v) is 9.32. The van der Waals surface area contributed by atoms with Crippen LogP contribution in [0.15, 0.2) is 89.1 Å². The number of amides is 3. The number of carbonyl (C=O) groups is 3. The highest BCUT2D eigenvalue weighted by Crippen LogP contribution is 2.22. The number of sulfone groups is 1. The molecule has 0 bridgehead atoms. The first-order chi connectivity index (χ1) is 18.8. The minimum absolute atomic E-state index is 0.0830. The van der Waals surface area contributed by atoms with Crippen molar-refractivity contribution in [2.24, 2.45) is 0 Å². The summed E-state index contributed by atoms with van der Waals surface area (Å²) in [6.45, 7) is 0.547. The van der Waals surface area contributed by atoms with Crippen molar-refractivity contribution in [2.75, 3.05) is 26.2 Å². The third kappa shape index (κ3) is 5.41. The Morgan fingerprint density at radius 1 is 0.821 bits per heavy atom. The van der Waals surface area contributed by atoms with Gasteiger partial charge in [-0.25, -0.2) is 12.8 Å². The monoisotopic (exact) mass is 565 g/mol. The number of hydrogen-bond donors (Lipinski definition) is 1. The SMILES string of the molecule is O=C(N[C@H](C(=O)N1CCN(C(=O)c2cccc3ccccc23)CC1)S(=O)(=O)c1ccc(F)cc1)c1cccs1. The molecule has 1 aromatic heterocycles. The van der Waals surface area contributed by atoms with Crippen LogP contribution in [0.2, 0.25) is 0 Å². The van der Waals surface area contributed by atoms with E-state index >= 15 is 0 Å². The first-order valence-electron chi connectivity index (χ1n) is 12.2. The molecule has 11 heteroatoms. The van der Waals surface area contributed by atoms with Crippen LogP contribution in [-0.4, -0.2) is 67.5 Å². The molecule has 1 saturated heterocycles. The van der Waals surface area contributed by atoms with Crippen LogP contribution >= 0.6 is 11.3 Å². The number of fused-ring (bicyclic) bond motifs is 1. The predicted octanol–water partition coefficient (Wildman–Crippen LogP) is 3.55. The van der Waals surface area contributed by atoms with Gasteiger partial charge in [0.25, 0.3) is 17.7 Å². The van der Waals surface area contributed by atoms with Crippen molar-refractivity contribution in [3.63, 3.8) is 0 Å². The number of nitrogens with one attached hydrogen (secondary N) is 1. The van der Waals surface area contributed by atoms with Crippen LogP contribution < -0.4 is 5.32 Å².